The Morgan fingerprint density at radius 1 is 1.00 bits per heavy atom. The van der Waals surface area contributed by atoms with Crippen molar-refractivity contribution >= 4 is 17.2 Å². The van der Waals surface area contributed by atoms with E-state index < -0.39 is 0 Å². The van der Waals surface area contributed by atoms with Gasteiger partial charge in [-0.05, 0) is 49.6 Å². The number of aryl methyl sites for hydroxylation is 1. The average Bonchev–Trinajstić information content (AvgIpc) is 3.16. The van der Waals surface area contributed by atoms with Crippen molar-refractivity contribution in [1.29, 1.82) is 0 Å². The molecule has 4 aromatic rings. The first-order chi connectivity index (χ1) is 16.2. The molecule has 0 unspecified atom stereocenters. The monoisotopic (exact) mass is 438 g/mol. The van der Waals surface area contributed by atoms with Gasteiger partial charge in [0.25, 0.3) is 0 Å². The lowest BCUT2D eigenvalue weighted by Crippen LogP contribution is -2.49. The highest BCUT2D eigenvalue weighted by atomic mass is 16.2. The molecule has 33 heavy (non-hydrogen) atoms. The van der Waals surface area contributed by atoms with Crippen molar-refractivity contribution in [3.05, 3.63) is 102 Å². The second-order valence-electron chi connectivity index (χ2n) is 8.94. The minimum atomic E-state index is 0.181. The van der Waals surface area contributed by atoms with Crippen molar-refractivity contribution in [2.24, 2.45) is 5.92 Å². The third-order valence-electron chi connectivity index (χ3n) is 6.70. The van der Waals surface area contributed by atoms with E-state index in [0.717, 1.165) is 48.7 Å². The Morgan fingerprint density at radius 2 is 1.73 bits per heavy atom. The fourth-order valence-electron chi connectivity index (χ4n) is 4.95. The van der Waals surface area contributed by atoms with E-state index in [4.69, 9.17) is 0 Å². The van der Waals surface area contributed by atoms with Gasteiger partial charge in [-0.1, -0.05) is 54.6 Å². The minimum Gasteiger partial charge on any atom is -0.382 e. The summed E-state index contributed by atoms with van der Waals surface area (Å²) in [5, 5.41) is 3.74. The zero-order valence-corrected chi connectivity index (χ0v) is 19.0. The number of carbonyl (C=O) groups is 1. The third kappa shape index (κ3) is 4.77. The summed E-state index contributed by atoms with van der Waals surface area (Å²) in [7, 11) is 0. The zero-order chi connectivity index (χ0) is 22.6. The lowest BCUT2D eigenvalue weighted by molar-refractivity contribution is -0.132. The van der Waals surface area contributed by atoms with Gasteiger partial charge in [-0.3, -0.25) is 4.79 Å². The maximum atomic E-state index is 13.4. The van der Waals surface area contributed by atoms with Gasteiger partial charge in [0.1, 0.15) is 5.65 Å². The number of pyridine rings is 1. The summed E-state index contributed by atoms with van der Waals surface area (Å²) in [6.07, 6.45) is 4.26. The number of rotatable bonds is 6. The molecule has 0 bridgehead atoms. The fraction of sp³-hybridized carbons (Fsp3) is 0.286. The molecule has 0 radical (unpaired) electrons. The molecule has 1 N–H and O–H groups in total. The molecule has 1 aliphatic heterocycles. The molecule has 5 nitrogen and oxygen atoms in total. The highest BCUT2D eigenvalue weighted by Crippen LogP contribution is 2.26. The molecule has 2 aromatic heterocycles. The molecule has 1 saturated heterocycles. The highest BCUT2D eigenvalue weighted by Gasteiger charge is 2.32. The number of fused-ring (bicyclic) bond motifs is 1. The number of hydrogen-bond donors (Lipinski definition) is 1. The predicted molar refractivity (Wildman–Crippen MR) is 132 cm³/mol. The molecule has 2 atom stereocenters. The van der Waals surface area contributed by atoms with Crippen LogP contribution in [0.1, 0.15) is 23.4 Å². The summed E-state index contributed by atoms with van der Waals surface area (Å²) in [5.41, 5.74) is 5.26. The molecule has 2 aromatic carbocycles. The number of nitrogens with one attached hydrogen (secondary N) is 1. The molecule has 0 spiro atoms. The van der Waals surface area contributed by atoms with Crippen LogP contribution in [-0.4, -0.2) is 39.3 Å². The van der Waals surface area contributed by atoms with E-state index >= 15 is 0 Å². The van der Waals surface area contributed by atoms with Crippen LogP contribution in [0, 0.1) is 12.8 Å². The fourth-order valence-corrected chi connectivity index (χ4v) is 4.95. The number of amides is 1. The maximum absolute atomic E-state index is 13.4. The van der Waals surface area contributed by atoms with Crippen LogP contribution in [0.25, 0.3) is 5.65 Å². The average molecular weight is 439 g/mol. The van der Waals surface area contributed by atoms with Crippen LogP contribution >= 0.6 is 0 Å². The van der Waals surface area contributed by atoms with Gasteiger partial charge in [-0.15, -0.1) is 0 Å². The predicted octanol–water partition coefficient (Wildman–Crippen LogP) is 4.76. The number of nitrogens with zero attached hydrogens (tertiary/aromatic N) is 3. The molecule has 168 valence electrons. The van der Waals surface area contributed by atoms with Gasteiger partial charge in [0.15, 0.2) is 0 Å². The van der Waals surface area contributed by atoms with Crippen LogP contribution in [0.15, 0.2) is 85.1 Å². The van der Waals surface area contributed by atoms with Gasteiger partial charge < -0.3 is 14.6 Å². The number of imidazole rings is 1. The van der Waals surface area contributed by atoms with E-state index in [0.29, 0.717) is 18.4 Å². The van der Waals surface area contributed by atoms with Gasteiger partial charge in [0.2, 0.25) is 5.91 Å². The standard InChI is InChI=1S/C28H30N4O/c1-21-26(32-16-9-8-14-27(32)29-21)19-28(33)31-17-15-25(30-24-12-6-3-7-13-24)23(20-31)18-22-10-4-2-5-11-22/h2-14,16,23,25,30H,15,17-20H2,1H3/t23-,25+/m0/s1. The summed E-state index contributed by atoms with van der Waals surface area (Å²) in [4.78, 5) is 20.1. The van der Waals surface area contributed by atoms with Crippen molar-refractivity contribution in [2.45, 2.75) is 32.2 Å². The summed E-state index contributed by atoms with van der Waals surface area (Å²) < 4.78 is 2.04. The van der Waals surface area contributed by atoms with Crippen molar-refractivity contribution in [1.82, 2.24) is 14.3 Å². The first-order valence-corrected chi connectivity index (χ1v) is 11.7. The van der Waals surface area contributed by atoms with E-state index in [9.17, 15) is 4.79 Å². The van der Waals surface area contributed by atoms with Crippen LogP contribution in [0.3, 0.4) is 0 Å². The van der Waals surface area contributed by atoms with Crippen LogP contribution in [0.5, 0.6) is 0 Å². The Bertz CT molecular complexity index is 1220. The van der Waals surface area contributed by atoms with E-state index in [-0.39, 0.29) is 5.91 Å². The van der Waals surface area contributed by atoms with Crippen LogP contribution in [0.4, 0.5) is 5.69 Å². The van der Waals surface area contributed by atoms with Crippen molar-refractivity contribution in [3.8, 4) is 0 Å². The van der Waals surface area contributed by atoms with Gasteiger partial charge in [-0.25, -0.2) is 4.98 Å². The van der Waals surface area contributed by atoms with E-state index in [1.165, 1.54) is 5.56 Å². The molecule has 3 heterocycles. The molecule has 1 amide bonds. The second-order valence-corrected chi connectivity index (χ2v) is 8.94. The Morgan fingerprint density at radius 3 is 2.52 bits per heavy atom. The molecule has 5 heteroatoms. The zero-order valence-electron chi connectivity index (χ0n) is 19.0. The van der Waals surface area contributed by atoms with Crippen LogP contribution in [0.2, 0.25) is 0 Å². The highest BCUT2D eigenvalue weighted by molar-refractivity contribution is 5.79. The number of para-hydroxylation sites is 1. The number of likely N-dealkylation sites (tertiary alicyclic amines) is 1. The van der Waals surface area contributed by atoms with Crippen molar-refractivity contribution < 1.29 is 4.79 Å². The van der Waals surface area contributed by atoms with E-state index in [1.54, 1.807) is 0 Å². The van der Waals surface area contributed by atoms with Gasteiger partial charge >= 0.3 is 0 Å². The van der Waals surface area contributed by atoms with Crippen LogP contribution < -0.4 is 5.32 Å². The number of piperidine rings is 1. The first kappa shape index (κ1) is 21.3. The van der Waals surface area contributed by atoms with E-state index in [1.807, 2.05) is 41.8 Å². The molecule has 1 aliphatic rings. The topological polar surface area (TPSA) is 49.6 Å². The molecule has 1 fully saturated rings. The number of hydrogen-bond acceptors (Lipinski definition) is 3. The second kappa shape index (κ2) is 9.49. The van der Waals surface area contributed by atoms with Crippen LogP contribution in [-0.2, 0) is 17.6 Å². The number of benzene rings is 2. The lowest BCUT2D eigenvalue weighted by Gasteiger charge is -2.39. The SMILES string of the molecule is Cc1nc2ccccn2c1CC(=O)N1CC[C@@H](Nc2ccccc2)[C@@H](Cc2ccccc2)C1. The van der Waals surface area contributed by atoms with E-state index in [2.05, 4.69) is 69.8 Å². The lowest BCUT2D eigenvalue weighted by atomic mass is 9.86. The van der Waals surface area contributed by atoms with Gasteiger partial charge in [0.05, 0.1) is 17.8 Å². The normalized spacial score (nSPS) is 18.4. The van der Waals surface area contributed by atoms with Crippen molar-refractivity contribution in [3.63, 3.8) is 0 Å². The Labute approximate surface area is 195 Å². The van der Waals surface area contributed by atoms with Gasteiger partial charge in [-0.2, -0.15) is 0 Å². The summed E-state index contributed by atoms with van der Waals surface area (Å²) in [5.74, 6) is 0.522. The number of aromatic nitrogens is 2. The minimum absolute atomic E-state index is 0.181. The summed E-state index contributed by atoms with van der Waals surface area (Å²) in [6.45, 7) is 3.52. The largest absolute Gasteiger partial charge is 0.382 e. The molecular formula is C28H30N4O. The summed E-state index contributed by atoms with van der Waals surface area (Å²) >= 11 is 0. The third-order valence-corrected chi connectivity index (χ3v) is 6.70. The molecule has 0 saturated carbocycles. The maximum Gasteiger partial charge on any atom is 0.228 e. The number of carbonyl (C=O) groups excluding carboxylic acids is 1. The Kier molecular flexibility index (Phi) is 6.11. The first-order valence-electron chi connectivity index (χ1n) is 11.7. The summed E-state index contributed by atoms with van der Waals surface area (Å²) in [6, 6.07) is 27.3. The van der Waals surface area contributed by atoms with Crippen molar-refractivity contribution in [2.75, 3.05) is 18.4 Å². The quantitative estimate of drug-likeness (QED) is 0.472. The molecular weight excluding hydrogens is 408 g/mol. The number of anilines is 1. The smallest absolute Gasteiger partial charge is 0.228 e. The van der Waals surface area contributed by atoms with Gasteiger partial charge in [0, 0.05) is 36.9 Å². The molecule has 0 aliphatic carbocycles. The molecule has 5 rings (SSSR count). The Hall–Kier alpha value is -3.60. The Balaban J connectivity index is 1.33.